The molecule has 2 aliphatic rings. The average Bonchev–Trinajstić information content (AvgIpc) is 3.05. The van der Waals surface area contributed by atoms with E-state index < -0.39 is 17.9 Å². The lowest BCUT2D eigenvalue weighted by atomic mass is 9.95. The van der Waals surface area contributed by atoms with Gasteiger partial charge in [-0.1, -0.05) is 11.6 Å². The number of nitrogens with zero attached hydrogens (tertiary/aromatic N) is 1. The summed E-state index contributed by atoms with van der Waals surface area (Å²) in [5, 5.41) is 3.52. The van der Waals surface area contributed by atoms with Gasteiger partial charge >= 0.3 is 6.18 Å². The molecule has 2 aromatic rings. The lowest BCUT2D eigenvalue weighted by Crippen LogP contribution is -2.34. The van der Waals surface area contributed by atoms with E-state index >= 15 is 0 Å². The van der Waals surface area contributed by atoms with Crippen LogP contribution in [-0.2, 0) is 17.6 Å². The quantitative estimate of drug-likeness (QED) is 0.740. The van der Waals surface area contributed by atoms with Crippen LogP contribution in [0.25, 0.3) is 0 Å². The van der Waals surface area contributed by atoms with Gasteiger partial charge in [-0.2, -0.15) is 13.2 Å². The zero-order chi connectivity index (χ0) is 20.8. The van der Waals surface area contributed by atoms with E-state index in [9.17, 15) is 18.0 Å². The van der Waals surface area contributed by atoms with Crippen molar-refractivity contribution in [1.82, 2.24) is 0 Å². The Morgan fingerprint density at radius 2 is 2.03 bits per heavy atom. The third-order valence-electron chi connectivity index (χ3n) is 5.56. The fourth-order valence-corrected chi connectivity index (χ4v) is 4.31. The number of fused-ring (bicyclic) bond motifs is 2. The minimum atomic E-state index is -4.83. The van der Waals surface area contributed by atoms with Crippen molar-refractivity contribution in [3.8, 4) is 5.75 Å². The first-order valence-corrected chi connectivity index (χ1v) is 9.79. The number of halogens is 4. The van der Waals surface area contributed by atoms with Crippen LogP contribution < -0.4 is 15.0 Å². The van der Waals surface area contributed by atoms with Crippen LogP contribution in [-0.4, -0.2) is 32.2 Å². The molecular formula is C21H20ClF3N2O2. The molecule has 0 aliphatic carbocycles. The van der Waals surface area contributed by atoms with Crippen molar-refractivity contribution in [3.05, 3.63) is 46.5 Å². The molecule has 2 aliphatic heterocycles. The van der Waals surface area contributed by atoms with Crippen molar-refractivity contribution in [2.45, 2.75) is 25.4 Å². The molecule has 1 atom stereocenters. The summed E-state index contributed by atoms with van der Waals surface area (Å²) in [6.45, 7) is 0.606. The van der Waals surface area contributed by atoms with Crippen LogP contribution in [0.5, 0.6) is 5.75 Å². The third-order valence-corrected chi connectivity index (χ3v) is 5.87. The molecule has 0 saturated heterocycles. The molecule has 0 radical (unpaired) electrons. The molecule has 29 heavy (non-hydrogen) atoms. The number of carbonyl (C=O) groups is 1. The molecular weight excluding hydrogens is 405 g/mol. The van der Waals surface area contributed by atoms with Gasteiger partial charge in [-0.15, -0.1) is 0 Å². The minimum absolute atomic E-state index is 0.0493. The smallest absolute Gasteiger partial charge is 0.450 e. The Balaban J connectivity index is 1.66. The zero-order valence-electron chi connectivity index (χ0n) is 15.8. The lowest BCUT2D eigenvalue weighted by molar-refractivity contribution is -0.175. The molecule has 0 aromatic heterocycles. The number of Topliss-reactive ketones (excluding diaryl/α,β-unsaturated/α-hetero) is 1. The first-order chi connectivity index (χ1) is 13.8. The molecule has 154 valence electrons. The van der Waals surface area contributed by atoms with E-state index in [4.69, 9.17) is 16.3 Å². The number of rotatable bonds is 3. The summed E-state index contributed by atoms with van der Waals surface area (Å²) < 4.78 is 44.2. The van der Waals surface area contributed by atoms with E-state index in [2.05, 4.69) is 5.32 Å². The normalized spacial score (nSPS) is 18.2. The zero-order valence-corrected chi connectivity index (χ0v) is 16.5. The van der Waals surface area contributed by atoms with Crippen LogP contribution in [0.15, 0.2) is 30.3 Å². The van der Waals surface area contributed by atoms with Gasteiger partial charge in [0, 0.05) is 42.9 Å². The number of ether oxygens (including phenoxy) is 1. The maximum Gasteiger partial charge on any atom is 0.450 e. The Bertz CT molecular complexity index is 962. The van der Waals surface area contributed by atoms with Crippen LogP contribution in [0.4, 0.5) is 30.2 Å². The predicted octanol–water partition coefficient (Wildman–Crippen LogP) is 5.15. The average molecular weight is 425 g/mol. The molecule has 1 unspecified atom stereocenters. The maximum atomic E-state index is 12.9. The van der Waals surface area contributed by atoms with Crippen LogP contribution in [0, 0.1) is 5.92 Å². The van der Waals surface area contributed by atoms with Gasteiger partial charge in [0.1, 0.15) is 5.75 Å². The Morgan fingerprint density at radius 1 is 1.24 bits per heavy atom. The van der Waals surface area contributed by atoms with Gasteiger partial charge in [-0.05, 0) is 48.7 Å². The predicted molar refractivity (Wildman–Crippen MR) is 107 cm³/mol. The van der Waals surface area contributed by atoms with Gasteiger partial charge in [-0.3, -0.25) is 4.79 Å². The van der Waals surface area contributed by atoms with Gasteiger partial charge in [-0.25, -0.2) is 0 Å². The van der Waals surface area contributed by atoms with Crippen molar-refractivity contribution >= 4 is 34.4 Å². The molecule has 4 rings (SSSR count). The Kier molecular flexibility index (Phi) is 5.11. The number of hydrogen-bond acceptors (Lipinski definition) is 4. The van der Waals surface area contributed by atoms with Crippen molar-refractivity contribution in [2.24, 2.45) is 5.92 Å². The summed E-state index contributed by atoms with van der Waals surface area (Å²) in [5.41, 5.74) is 4.28. The SMILES string of the molecule is CN(c1ccc2c(c1)CCO2)c1c(Cl)ccc2c1CCC(C(=O)C(F)(F)F)CN2. The van der Waals surface area contributed by atoms with Crippen molar-refractivity contribution in [2.75, 3.05) is 30.4 Å². The van der Waals surface area contributed by atoms with Gasteiger partial charge < -0.3 is 15.0 Å². The first-order valence-electron chi connectivity index (χ1n) is 9.41. The number of ketones is 1. The summed E-state index contributed by atoms with van der Waals surface area (Å²) in [7, 11) is 1.88. The summed E-state index contributed by atoms with van der Waals surface area (Å²) in [6.07, 6.45) is -3.56. The second-order valence-electron chi connectivity index (χ2n) is 7.35. The van der Waals surface area contributed by atoms with Gasteiger partial charge in [0.15, 0.2) is 0 Å². The molecule has 2 heterocycles. The summed E-state index contributed by atoms with van der Waals surface area (Å²) in [5.74, 6) is -1.93. The Hall–Kier alpha value is -2.41. The summed E-state index contributed by atoms with van der Waals surface area (Å²) in [4.78, 5) is 13.7. The highest BCUT2D eigenvalue weighted by Crippen LogP contribution is 2.42. The molecule has 2 aromatic carbocycles. The summed E-state index contributed by atoms with van der Waals surface area (Å²) in [6, 6.07) is 9.37. The van der Waals surface area contributed by atoms with E-state index in [-0.39, 0.29) is 13.0 Å². The highest BCUT2D eigenvalue weighted by molar-refractivity contribution is 6.33. The number of anilines is 3. The third kappa shape index (κ3) is 3.75. The number of hydrogen-bond donors (Lipinski definition) is 1. The van der Waals surface area contributed by atoms with Crippen LogP contribution in [0.2, 0.25) is 5.02 Å². The van der Waals surface area contributed by atoms with E-state index in [1.165, 1.54) is 0 Å². The molecule has 0 bridgehead atoms. The van der Waals surface area contributed by atoms with Crippen molar-refractivity contribution in [3.63, 3.8) is 0 Å². The van der Waals surface area contributed by atoms with E-state index in [0.29, 0.717) is 23.7 Å². The maximum absolute atomic E-state index is 12.9. The molecule has 0 fully saturated rings. The highest BCUT2D eigenvalue weighted by atomic mass is 35.5. The molecule has 0 spiro atoms. The number of benzene rings is 2. The highest BCUT2D eigenvalue weighted by Gasteiger charge is 2.43. The Morgan fingerprint density at radius 3 is 2.79 bits per heavy atom. The largest absolute Gasteiger partial charge is 0.493 e. The second-order valence-corrected chi connectivity index (χ2v) is 7.76. The van der Waals surface area contributed by atoms with Gasteiger partial charge in [0.05, 0.1) is 17.3 Å². The lowest BCUT2D eigenvalue weighted by Gasteiger charge is -2.25. The first kappa shape index (κ1) is 19.9. The molecule has 4 nitrogen and oxygen atoms in total. The number of nitrogens with one attached hydrogen (secondary N) is 1. The minimum Gasteiger partial charge on any atom is -0.493 e. The fraction of sp³-hybridized carbons (Fsp3) is 0.381. The van der Waals surface area contributed by atoms with Crippen LogP contribution in [0.1, 0.15) is 17.5 Å². The second kappa shape index (κ2) is 7.44. The van der Waals surface area contributed by atoms with E-state index in [1.807, 2.05) is 30.1 Å². The van der Waals surface area contributed by atoms with E-state index in [1.54, 1.807) is 12.1 Å². The van der Waals surface area contributed by atoms with Crippen molar-refractivity contribution < 1.29 is 22.7 Å². The summed E-state index contributed by atoms with van der Waals surface area (Å²) >= 11 is 6.51. The number of alkyl halides is 3. The van der Waals surface area contributed by atoms with Gasteiger partial charge in [0.2, 0.25) is 5.78 Å². The van der Waals surface area contributed by atoms with E-state index in [0.717, 1.165) is 34.7 Å². The molecule has 0 saturated carbocycles. The Labute approximate surface area is 171 Å². The number of carbonyl (C=O) groups excluding carboxylic acids is 1. The molecule has 0 amide bonds. The van der Waals surface area contributed by atoms with Gasteiger partial charge in [0.25, 0.3) is 0 Å². The molecule has 8 heteroatoms. The standard InChI is InChI=1S/C21H20ClF3N2O2/c1-27(14-3-7-18-12(10-14)8-9-29-18)19-15-4-2-13(20(28)21(23,24)25)11-26-17(15)6-5-16(19)22/h3,5-7,10,13,26H,2,4,8-9,11H2,1H3. The monoisotopic (exact) mass is 424 g/mol. The fourth-order valence-electron chi connectivity index (χ4n) is 4.01. The molecule has 1 N–H and O–H groups in total. The van der Waals surface area contributed by atoms with Crippen LogP contribution >= 0.6 is 11.6 Å². The topological polar surface area (TPSA) is 41.6 Å². The van der Waals surface area contributed by atoms with Crippen molar-refractivity contribution in [1.29, 1.82) is 0 Å². The van der Waals surface area contributed by atoms with Crippen LogP contribution in [0.3, 0.4) is 0 Å².